The molecule has 0 aromatic carbocycles. The Morgan fingerprint density at radius 1 is 0.513 bits per heavy atom. The number of halogens is 6. The van der Waals surface area contributed by atoms with Crippen LogP contribution in [-0.4, -0.2) is 63.4 Å². The third-order valence-electron chi connectivity index (χ3n) is 5.12. The van der Waals surface area contributed by atoms with Gasteiger partial charge in [-0.15, -0.1) is 26.3 Å². The van der Waals surface area contributed by atoms with E-state index in [1.54, 1.807) is 0 Å². The van der Waals surface area contributed by atoms with Crippen LogP contribution in [0, 0.1) is 0 Å². The van der Waals surface area contributed by atoms with Gasteiger partial charge in [0.1, 0.15) is 0 Å². The summed E-state index contributed by atoms with van der Waals surface area (Å²) >= 11 is 0. The topological polar surface area (TPSA) is 130 Å². The van der Waals surface area contributed by atoms with E-state index in [1.807, 2.05) is 0 Å². The molecule has 0 radical (unpaired) electrons. The summed E-state index contributed by atoms with van der Waals surface area (Å²) in [5.41, 5.74) is 0. The van der Waals surface area contributed by atoms with Crippen LogP contribution in [0.2, 0.25) is 0 Å². The fourth-order valence-corrected chi connectivity index (χ4v) is 4.39. The van der Waals surface area contributed by atoms with E-state index < -0.39 is 33.0 Å². The van der Waals surface area contributed by atoms with Crippen LogP contribution in [0.3, 0.4) is 0 Å². The van der Waals surface area contributed by atoms with Crippen LogP contribution < -0.4 is 29.6 Å². The third kappa shape index (κ3) is 48.4. The van der Waals surface area contributed by atoms with Gasteiger partial charge in [-0.1, -0.05) is 77.0 Å². The normalized spacial score (nSPS) is 12.5. The molecule has 17 heteroatoms. The molecule has 0 bridgehead atoms. The minimum Gasteiger partial charge on any atom is -0.748 e. The monoisotopic (exact) mass is 634 g/mol. The van der Waals surface area contributed by atoms with Crippen molar-refractivity contribution in [2.75, 3.05) is 24.7 Å². The molecule has 0 amide bonds. The first-order valence-corrected chi connectivity index (χ1v) is 15.9. The van der Waals surface area contributed by atoms with Gasteiger partial charge in [0.2, 0.25) is 0 Å². The predicted molar refractivity (Wildman–Crippen MR) is 129 cm³/mol. The fourth-order valence-electron chi connectivity index (χ4n) is 3.26. The SMILES string of the molecule is O=S(=O)(O)CCCCCCCCCCOC(F)(F)F.O=S(=O)([O-])CCCCCCCCCCOC(F)(F)F.[Na+]. The Morgan fingerprint density at radius 2 is 0.769 bits per heavy atom. The van der Waals surface area contributed by atoms with Gasteiger partial charge in [-0.25, -0.2) is 8.42 Å². The number of rotatable bonds is 22. The van der Waals surface area contributed by atoms with E-state index in [0.29, 0.717) is 44.9 Å². The molecule has 0 spiro atoms. The van der Waals surface area contributed by atoms with Gasteiger partial charge in [-0.2, -0.15) is 8.42 Å². The first-order chi connectivity index (χ1) is 17.4. The van der Waals surface area contributed by atoms with Gasteiger partial charge in [0.05, 0.1) is 29.1 Å². The van der Waals surface area contributed by atoms with E-state index in [9.17, 15) is 47.7 Å². The van der Waals surface area contributed by atoms with E-state index in [1.165, 1.54) is 0 Å². The predicted octanol–water partition coefficient (Wildman–Crippen LogP) is 3.72. The number of ether oxygens (including phenoxy) is 2. The molecule has 0 aliphatic carbocycles. The molecule has 8 nitrogen and oxygen atoms in total. The van der Waals surface area contributed by atoms with Crippen molar-refractivity contribution < 1.29 is 91.3 Å². The molecule has 0 aromatic heterocycles. The van der Waals surface area contributed by atoms with Crippen LogP contribution in [0.5, 0.6) is 0 Å². The Labute approximate surface area is 250 Å². The molecule has 0 unspecified atom stereocenters. The maximum absolute atomic E-state index is 11.6. The second-order valence-electron chi connectivity index (χ2n) is 8.79. The summed E-state index contributed by atoms with van der Waals surface area (Å²) in [5.74, 6) is -0.524. The van der Waals surface area contributed by atoms with Gasteiger partial charge in [0.25, 0.3) is 10.1 Å². The summed E-state index contributed by atoms with van der Waals surface area (Å²) in [7, 11) is -7.95. The van der Waals surface area contributed by atoms with Crippen molar-refractivity contribution in [3.05, 3.63) is 0 Å². The molecule has 0 rings (SSSR count). The smallest absolute Gasteiger partial charge is 0.748 e. The van der Waals surface area contributed by atoms with Gasteiger partial charge in [-0.05, 0) is 25.7 Å². The van der Waals surface area contributed by atoms with E-state index in [0.717, 1.165) is 57.8 Å². The number of hydrogen-bond donors (Lipinski definition) is 1. The first kappa shape index (κ1) is 43.8. The van der Waals surface area contributed by atoms with E-state index in [2.05, 4.69) is 9.47 Å². The molecule has 1 N–H and O–H groups in total. The number of hydrogen-bond acceptors (Lipinski definition) is 7. The summed E-state index contributed by atoms with van der Waals surface area (Å²) in [6, 6.07) is 0. The van der Waals surface area contributed by atoms with Crippen molar-refractivity contribution >= 4 is 20.2 Å². The molecule has 0 aromatic rings. The molecular weight excluding hydrogens is 593 g/mol. The van der Waals surface area contributed by atoms with Gasteiger partial charge >= 0.3 is 42.3 Å². The van der Waals surface area contributed by atoms with Crippen LogP contribution in [0.25, 0.3) is 0 Å². The Bertz CT molecular complexity index is 699. The second kappa shape index (κ2) is 24.9. The average molecular weight is 635 g/mol. The molecule has 0 heterocycles. The standard InChI is InChI=1S/2C11H21F3O4S.Na/c2*12-11(13,14)18-9-7-5-3-1-2-4-6-8-10-19(15,16)17;/h2*1-10H2,(H,15,16,17);/q;;+1/p-1. The zero-order valence-corrected chi connectivity index (χ0v) is 26.2. The first-order valence-electron chi connectivity index (χ1n) is 12.7. The zero-order valence-electron chi connectivity index (χ0n) is 22.5. The summed E-state index contributed by atoms with van der Waals surface area (Å²) in [6.45, 7) is -0.595. The van der Waals surface area contributed by atoms with Crippen LogP contribution in [0.1, 0.15) is 103 Å². The van der Waals surface area contributed by atoms with Gasteiger partial charge < -0.3 is 4.55 Å². The molecule has 39 heavy (non-hydrogen) atoms. The maximum atomic E-state index is 11.6. The van der Waals surface area contributed by atoms with Crippen molar-refractivity contribution in [2.24, 2.45) is 0 Å². The van der Waals surface area contributed by atoms with E-state index in [-0.39, 0.29) is 54.3 Å². The fraction of sp³-hybridized carbons (Fsp3) is 1.00. The quantitative estimate of drug-likeness (QED) is 0.0826. The molecule has 0 atom stereocenters. The maximum Gasteiger partial charge on any atom is 1.00 e. The zero-order chi connectivity index (χ0) is 29.6. The Balaban J connectivity index is -0.000000648. The van der Waals surface area contributed by atoms with Crippen molar-refractivity contribution in [2.45, 2.75) is 115 Å². The van der Waals surface area contributed by atoms with Crippen LogP contribution in [0.4, 0.5) is 26.3 Å². The minimum absolute atomic E-state index is 0. The van der Waals surface area contributed by atoms with Crippen molar-refractivity contribution in [3.63, 3.8) is 0 Å². The summed E-state index contributed by atoms with van der Waals surface area (Å²) < 4.78 is 137. The number of unbranched alkanes of at least 4 members (excludes halogenated alkanes) is 14. The van der Waals surface area contributed by atoms with Gasteiger partial charge in [-0.3, -0.25) is 14.0 Å². The molecule has 0 fully saturated rings. The molecule has 0 aliphatic heterocycles. The van der Waals surface area contributed by atoms with Crippen LogP contribution in [0.15, 0.2) is 0 Å². The van der Waals surface area contributed by atoms with Gasteiger partial charge in [0, 0.05) is 5.75 Å². The minimum atomic E-state index is -4.54. The molecule has 0 saturated heterocycles. The van der Waals surface area contributed by atoms with Crippen molar-refractivity contribution in [3.8, 4) is 0 Å². The average Bonchev–Trinajstić information content (AvgIpc) is 2.73. The molecule has 0 saturated carbocycles. The van der Waals surface area contributed by atoms with Crippen molar-refractivity contribution in [1.29, 1.82) is 0 Å². The summed E-state index contributed by atoms with van der Waals surface area (Å²) in [4.78, 5) is 0. The molecule has 232 valence electrons. The Hall–Kier alpha value is 0.320. The van der Waals surface area contributed by atoms with Crippen molar-refractivity contribution in [1.82, 2.24) is 0 Å². The Morgan fingerprint density at radius 3 is 1.03 bits per heavy atom. The summed E-state index contributed by atoms with van der Waals surface area (Å²) in [5, 5.41) is 0. The Kier molecular flexibility index (Phi) is 27.9. The summed E-state index contributed by atoms with van der Waals surface area (Å²) in [6.07, 6.45) is 2.36. The van der Waals surface area contributed by atoms with Gasteiger partial charge in [0.15, 0.2) is 0 Å². The van der Waals surface area contributed by atoms with Crippen LogP contribution >= 0.6 is 0 Å². The van der Waals surface area contributed by atoms with E-state index >= 15 is 0 Å². The van der Waals surface area contributed by atoms with Crippen LogP contribution in [-0.2, 0) is 29.7 Å². The van der Waals surface area contributed by atoms with E-state index in [4.69, 9.17) is 4.55 Å². The number of alkyl halides is 6. The largest absolute Gasteiger partial charge is 1.00 e. The third-order valence-corrected chi connectivity index (χ3v) is 6.71. The molecular formula is C22H41F6NaO8S2. The molecule has 0 aliphatic rings. The second-order valence-corrected chi connectivity index (χ2v) is 11.9.